The zero-order valence-corrected chi connectivity index (χ0v) is 11.8. The van der Waals surface area contributed by atoms with Gasteiger partial charge in [0, 0.05) is 5.56 Å². The minimum atomic E-state index is -4.71. The maximum absolute atomic E-state index is 13.2. The van der Waals surface area contributed by atoms with E-state index in [2.05, 4.69) is 10.1 Å². The Morgan fingerprint density at radius 1 is 1.22 bits per heavy atom. The van der Waals surface area contributed by atoms with Gasteiger partial charge in [0.2, 0.25) is 0 Å². The van der Waals surface area contributed by atoms with Crippen LogP contribution in [0.3, 0.4) is 0 Å². The van der Waals surface area contributed by atoms with E-state index in [1.807, 2.05) is 0 Å². The lowest BCUT2D eigenvalue weighted by Gasteiger charge is -2.11. The van der Waals surface area contributed by atoms with Crippen molar-refractivity contribution in [1.29, 1.82) is 5.26 Å². The summed E-state index contributed by atoms with van der Waals surface area (Å²) in [5, 5.41) is 12.3. The molecule has 2 heterocycles. The molecule has 0 atom stereocenters. The number of halogens is 5. The Balaban J connectivity index is 2.33. The molecular weight excluding hydrogens is 336 g/mol. The van der Waals surface area contributed by atoms with E-state index in [1.54, 1.807) is 6.07 Å². The molecule has 0 radical (unpaired) electrons. The fourth-order valence-electron chi connectivity index (χ4n) is 2.05. The van der Waals surface area contributed by atoms with E-state index >= 15 is 0 Å². The molecule has 0 N–H and O–H groups in total. The molecule has 116 valence electrons. The van der Waals surface area contributed by atoms with Crippen molar-refractivity contribution in [2.75, 3.05) is 0 Å². The highest BCUT2D eigenvalue weighted by molar-refractivity contribution is 6.31. The van der Waals surface area contributed by atoms with Crippen molar-refractivity contribution < 1.29 is 17.6 Å². The maximum atomic E-state index is 13.2. The van der Waals surface area contributed by atoms with Crippen LogP contribution in [0.1, 0.15) is 11.3 Å². The Labute approximate surface area is 131 Å². The number of hydrogen-bond acceptors (Lipinski definition) is 3. The van der Waals surface area contributed by atoms with Crippen LogP contribution in [0.2, 0.25) is 5.02 Å². The van der Waals surface area contributed by atoms with E-state index in [1.165, 1.54) is 6.07 Å². The number of nitrogens with zero attached hydrogens (tertiary/aromatic N) is 4. The molecule has 0 saturated heterocycles. The Morgan fingerprint density at radius 3 is 2.57 bits per heavy atom. The molecule has 0 spiro atoms. The largest absolute Gasteiger partial charge is 0.433 e. The first kappa shape index (κ1) is 15.2. The molecule has 1 aromatic carbocycles. The smallest absolute Gasteiger partial charge is 0.227 e. The highest BCUT2D eigenvalue weighted by Gasteiger charge is 2.35. The van der Waals surface area contributed by atoms with Gasteiger partial charge in [-0.3, -0.25) is 0 Å². The summed E-state index contributed by atoms with van der Waals surface area (Å²) in [4.78, 5) is 4.02. The predicted octanol–water partition coefficient (Wildman–Crippen LogP) is 4.08. The van der Waals surface area contributed by atoms with Crippen molar-refractivity contribution in [3.8, 4) is 17.3 Å². The fourth-order valence-corrected chi connectivity index (χ4v) is 2.23. The van der Waals surface area contributed by atoms with Crippen molar-refractivity contribution >= 4 is 17.2 Å². The van der Waals surface area contributed by atoms with Crippen LogP contribution in [0, 0.1) is 17.1 Å². The molecule has 0 aliphatic carbocycles. The van der Waals surface area contributed by atoms with Crippen LogP contribution in [-0.2, 0) is 6.18 Å². The topological polar surface area (TPSA) is 54.0 Å². The van der Waals surface area contributed by atoms with Crippen molar-refractivity contribution in [3.63, 3.8) is 0 Å². The minimum Gasteiger partial charge on any atom is -0.227 e. The Bertz CT molecular complexity index is 956. The molecule has 4 nitrogen and oxygen atoms in total. The Morgan fingerprint density at radius 2 is 1.96 bits per heavy atom. The molecule has 3 rings (SSSR count). The quantitative estimate of drug-likeness (QED) is 0.627. The molecule has 0 unspecified atom stereocenters. The SMILES string of the molecule is N#Cc1cnn2c(C(F)(F)F)cc(-c3ccc(F)c(Cl)c3)nc12. The standard InChI is InChI=1S/C14H5ClF4N4/c15-9-3-7(1-2-10(9)16)11-4-12(14(17,18)19)23-13(22-11)8(5-20)6-21-23/h1-4,6H. The first-order chi connectivity index (χ1) is 10.8. The van der Waals surface area contributed by atoms with E-state index in [0.29, 0.717) is 4.52 Å². The molecule has 0 amide bonds. The number of hydrogen-bond donors (Lipinski definition) is 0. The number of fused-ring (bicyclic) bond motifs is 1. The number of alkyl halides is 3. The normalized spacial score (nSPS) is 11.7. The molecule has 0 saturated carbocycles. The van der Waals surface area contributed by atoms with Gasteiger partial charge in [0.05, 0.1) is 16.9 Å². The van der Waals surface area contributed by atoms with Crippen LogP contribution in [0.4, 0.5) is 17.6 Å². The Kier molecular flexibility index (Phi) is 3.45. The molecule has 3 aromatic rings. The highest BCUT2D eigenvalue weighted by atomic mass is 35.5. The van der Waals surface area contributed by atoms with E-state index in [4.69, 9.17) is 16.9 Å². The number of rotatable bonds is 1. The summed E-state index contributed by atoms with van der Waals surface area (Å²) in [7, 11) is 0. The monoisotopic (exact) mass is 340 g/mol. The molecule has 23 heavy (non-hydrogen) atoms. The first-order valence-corrected chi connectivity index (χ1v) is 6.50. The van der Waals surface area contributed by atoms with Crippen LogP contribution in [0.25, 0.3) is 16.9 Å². The van der Waals surface area contributed by atoms with Gasteiger partial charge in [-0.1, -0.05) is 11.6 Å². The van der Waals surface area contributed by atoms with Gasteiger partial charge in [-0.05, 0) is 24.3 Å². The van der Waals surface area contributed by atoms with Gasteiger partial charge in [0.25, 0.3) is 0 Å². The third-order valence-electron chi connectivity index (χ3n) is 3.10. The lowest BCUT2D eigenvalue weighted by Crippen LogP contribution is -2.13. The third kappa shape index (κ3) is 2.59. The van der Waals surface area contributed by atoms with Gasteiger partial charge >= 0.3 is 6.18 Å². The van der Waals surface area contributed by atoms with E-state index in [-0.39, 0.29) is 27.5 Å². The number of benzene rings is 1. The number of aromatic nitrogens is 3. The van der Waals surface area contributed by atoms with Crippen molar-refractivity contribution in [3.05, 3.63) is 52.6 Å². The van der Waals surface area contributed by atoms with Crippen LogP contribution in [-0.4, -0.2) is 14.6 Å². The lowest BCUT2D eigenvalue weighted by atomic mass is 10.1. The van der Waals surface area contributed by atoms with Crippen molar-refractivity contribution in [2.24, 2.45) is 0 Å². The average molecular weight is 341 g/mol. The third-order valence-corrected chi connectivity index (χ3v) is 3.39. The molecular formula is C14H5ClF4N4. The summed E-state index contributed by atoms with van der Waals surface area (Å²) in [6.45, 7) is 0. The molecule has 0 aliphatic heterocycles. The second-order valence-corrected chi connectivity index (χ2v) is 4.97. The van der Waals surface area contributed by atoms with Gasteiger partial charge in [-0.15, -0.1) is 0 Å². The second-order valence-electron chi connectivity index (χ2n) is 4.56. The summed E-state index contributed by atoms with van der Waals surface area (Å²) in [6, 6.07) is 5.94. The van der Waals surface area contributed by atoms with Crippen LogP contribution >= 0.6 is 11.6 Å². The molecule has 0 bridgehead atoms. The van der Waals surface area contributed by atoms with Crippen molar-refractivity contribution in [1.82, 2.24) is 14.6 Å². The van der Waals surface area contributed by atoms with Gasteiger partial charge in [0.1, 0.15) is 17.4 Å². The highest BCUT2D eigenvalue weighted by Crippen LogP contribution is 2.33. The minimum absolute atomic E-state index is 0.0938. The summed E-state index contributed by atoms with van der Waals surface area (Å²) < 4.78 is 53.4. The molecule has 0 aliphatic rings. The summed E-state index contributed by atoms with van der Waals surface area (Å²) in [5.41, 5.74) is -1.35. The van der Waals surface area contributed by atoms with Gasteiger partial charge < -0.3 is 0 Å². The summed E-state index contributed by atoms with van der Waals surface area (Å²) >= 11 is 5.65. The first-order valence-electron chi connectivity index (χ1n) is 6.13. The van der Waals surface area contributed by atoms with E-state index in [9.17, 15) is 17.6 Å². The van der Waals surface area contributed by atoms with Crippen LogP contribution in [0.15, 0.2) is 30.5 Å². The van der Waals surface area contributed by atoms with Gasteiger partial charge in [-0.25, -0.2) is 13.9 Å². The lowest BCUT2D eigenvalue weighted by molar-refractivity contribution is -0.142. The van der Waals surface area contributed by atoms with Crippen LogP contribution in [0.5, 0.6) is 0 Å². The second kappa shape index (κ2) is 5.21. The fraction of sp³-hybridized carbons (Fsp3) is 0.0714. The zero-order chi connectivity index (χ0) is 16.8. The van der Waals surface area contributed by atoms with Crippen molar-refractivity contribution in [2.45, 2.75) is 6.18 Å². The van der Waals surface area contributed by atoms with Gasteiger partial charge in [-0.2, -0.15) is 23.5 Å². The molecule has 9 heteroatoms. The van der Waals surface area contributed by atoms with Gasteiger partial charge in [0.15, 0.2) is 11.3 Å². The van der Waals surface area contributed by atoms with E-state index < -0.39 is 17.7 Å². The van der Waals surface area contributed by atoms with E-state index in [0.717, 1.165) is 24.4 Å². The molecule has 2 aromatic heterocycles. The summed E-state index contributed by atoms with van der Waals surface area (Å²) in [5.74, 6) is -0.699. The average Bonchev–Trinajstić information content (AvgIpc) is 2.91. The predicted molar refractivity (Wildman–Crippen MR) is 73.1 cm³/mol. The maximum Gasteiger partial charge on any atom is 0.433 e. The summed E-state index contributed by atoms with van der Waals surface area (Å²) in [6.07, 6.45) is -3.71. The van der Waals surface area contributed by atoms with Crippen LogP contribution < -0.4 is 0 Å². The zero-order valence-electron chi connectivity index (χ0n) is 11.1. The number of nitriles is 1. The Hall–Kier alpha value is -2.66. The molecule has 0 fully saturated rings.